The van der Waals surface area contributed by atoms with Gasteiger partial charge in [-0.3, -0.25) is 10.1 Å². The van der Waals surface area contributed by atoms with Crippen molar-refractivity contribution in [3.05, 3.63) is 34.4 Å². The molecule has 16 heavy (non-hydrogen) atoms. The second kappa shape index (κ2) is 6.53. The van der Waals surface area contributed by atoms with E-state index in [0.717, 1.165) is 16.6 Å². The van der Waals surface area contributed by atoms with E-state index in [9.17, 15) is 10.1 Å². The van der Waals surface area contributed by atoms with Crippen LogP contribution >= 0.6 is 11.8 Å². The molecule has 0 fully saturated rings. The van der Waals surface area contributed by atoms with E-state index in [1.165, 1.54) is 12.8 Å². The molecule has 0 aliphatic carbocycles. The van der Waals surface area contributed by atoms with Crippen LogP contribution in [0.2, 0.25) is 0 Å². The highest BCUT2D eigenvalue weighted by Crippen LogP contribution is 2.22. The predicted molar refractivity (Wildman–Crippen MR) is 67.9 cm³/mol. The topological polar surface area (TPSA) is 43.1 Å². The molecule has 0 bridgehead atoms. The Morgan fingerprint density at radius 3 is 2.44 bits per heavy atom. The number of nitrogens with zero attached hydrogens (tertiary/aromatic N) is 1. The third kappa shape index (κ3) is 4.66. The number of nitro groups is 1. The molecule has 1 aromatic carbocycles. The van der Waals surface area contributed by atoms with Crippen LogP contribution < -0.4 is 0 Å². The van der Waals surface area contributed by atoms with Gasteiger partial charge in [0.2, 0.25) is 0 Å². The summed E-state index contributed by atoms with van der Waals surface area (Å²) in [6, 6.07) is 6.76. The molecule has 0 heterocycles. The molecule has 4 heteroatoms. The SMILES string of the molecule is CC(C)CCCSc1ccc([N+](=O)[O-])cc1. The van der Waals surface area contributed by atoms with E-state index < -0.39 is 0 Å². The molecule has 3 nitrogen and oxygen atoms in total. The molecule has 1 rings (SSSR count). The summed E-state index contributed by atoms with van der Waals surface area (Å²) < 4.78 is 0. The summed E-state index contributed by atoms with van der Waals surface area (Å²) in [5.41, 5.74) is 0.159. The van der Waals surface area contributed by atoms with Crippen molar-refractivity contribution in [2.75, 3.05) is 5.75 Å². The van der Waals surface area contributed by atoms with Crippen LogP contribution in [0.25, 0.3) is 0 Å². The smallest absolute Gasteiger partial charge is 0.258 e. The molecule has 0 saturated heterocycles. The van der Waals surface area contributed by atoms with Gasteiger partial charge in [-0.15, -0.1) is 11.8 Å². The van der Waals surface area contributed by atoms with E-state index in [4.69, 9.17) is 0 Å². The quantitative estimate of drug-likeness (QED) is 0.324. The fourth-order valence-electron chi connectivity index (χ4n) is 1.35. The Bertz CT molecular complexity index is 335. The van der Waals surface area contributed by atoms with Crippen molar-refractivity contribution >= 4 is 17.4 Å². The van der Waals surface area contributed by atoms with Crippen molar-refractivity contribution in [2.24, 2.45) is 5.92 Å². The normalized spacial score (nSPS) is 10.7. The summed E-state index contributed by atoms with van der Waals surface area (Å²) in [7, 11) is 0. The van der Waals surface area contributed by atoms with Gasteiger partial charge in [-0.25, -0.2) is 0 Å². The van der Waals surface area contributed by atoms with E-state index in [1.54, 1.807) is 23.9 Å². The highest BCUT2D eigenvalue weighted by molar-refractivity contribution is 7.99. The van der Waals surface area contributed by atoms with Gasteiger partial charge in [-0.2, -0.15) is 0 Å². The average Bonchev–Trinajstić information content (AvgIpc) is 2.25. The van der Waals surface area contributed by atoms with E-state index in [1.807, 2.05) is 12.1 Å². The summed E-state index contributed by atoms with van der Waals surface area (Å²) >= 11 is 1.76. The third-order valence-corrected chi connectivity index (χ3v) is 3.34. The highest BCUT2D eigenvalue weighted by Gasteiger charge is 2.03. The molecule has 0 spiro atoms. The van der Waals surface area contributed by atoms with E-state index in [-0.39, 0.29) is 10.6 Å². The van der Waals surface area contributed by atoms with Gasteiger partial charge < -0.3 is 0 Å². The van der Waals surface area contributed by atoms with Crippen LogP contribution in [-0.4, -0.2) is 10.7 Å². The summed E-state index contributed by atoms with van der Waals surface area (Å²) in [6.07, 6.45) is 2.43. The van der Waals surface area contributed by atoms with Crippen LogP contribution in [0.1, 0.15) is 26.7 Å². The fourth-order valence-corrected chi connectivity index (χ4v) is 2.22. The van der Waals surface area contributed by atoms with Gasteiger partial charge in [0, 0.05) is 17.0 Å². The number of hydrogen-bond donors (Lipinski definition) is 0. The molecule has 0 N–H and O–H groups in total. The molecule has 0 radical (unpaired) electrons. The zero-order chi connectivity index (χ0) is 12.0. The van der Waals surface area contributed by atoms with E-state index >= 15 is 0 Å². The lowest BCUT2D eigenvalue weighted by molar-refractivity contribution is -0.384. The van der Waals surface area contributed by atoms with Gasteiger partial charge in [0.15, 0.2) is 0 Å². The van der Waals surface area contributed by atoms with Crippen LogP contribution in [0.3, 0.4) is 0 Å². The van der Waals surface area contributed by atoms with Gasteiger partial charge in [-0.1, -0.05) is 20.3 Å². The number of hydrogen-bond acceptors (Lipinski definition) is 3. The molecule has 0 aliphatic heterocycles. The first-order chi connectivity index (χ1) is 7.59. The summed E-state index contributed by atoms with van der Waals surface area (Å²) in [5, 5.41) is 10.4. The maximum absolute atomic E-state index is 10.4. The minimum atomic E-state index is -0.368. The van der Waals surface area contributed by atoms with Gasteiger partial charge in [0.05, 0.1) is 4.92 Å². The second-order valence-electron chi connectivity index (χ2n) is 4.14. The molecule has 0 amide bonds. The monoisotopic (exact) mass is 239 g/mol. The first kappa shape index (κ1) is 13.0. The minimum Gasteiger partial charge on any atom is -0.258 e. The van der Waals surface area contributed by atoms with Crippen molar-refractivity contribution in [2.45, 2.75) is 31.6 Å². The zero-order valence-corrected chi connectivity index (χ0v) is 10.5. The van der Waals surface area contributed by atoms with Gasteiger partial charge >= 0.3 is 0 Å². The average molecular weight is 239 g/mol. The summed E-state index contributed by atoms with van der Waals surface area (Å²) in [5.74, 6) is 1.83. The molecule has 0 aromatic heterocycles. The van der Waals surface area contributed by atoms with Crippen molar-refractivity contribution in [3.8, 4) is 0 Å². The lowest BCUT2D eigenvalue weighted by atomic mass is 10.1. The lowest BCUT2D eigenvalue weighted by Crippen LogP contribution is -1.89. The van der Waals surface area contributed by atoms with E-state index in [2.05, 4.69) is 13.8 Å². The fraction of sp³-hybridized carbons (Fsp3) is 0.500. The molecule has 88 valence electrons. The van der Waals surface area contributed by atoms with Crippen LogP contribution in [0.4, 0.5) is 5.69 Å². The maximum atomic E-state index is 10.4. The standard InChI is InChI=1S/C12H17NO2S/c1-10(2)4-3-9-16-12-7-5-11(6-8-12)13(14)15/h5-8,10H,3-4,9H2,1-2H3. The lowest BCUT2D eigenvalue weighted by Gasteiger charge is -2.04. The third-order valence-electron chi connectivity index (χ3n) is 2.24. The van der Waals surface area contributed by atoms with Crippen molar-refractivity contribution < 1.29 is 4.92 Å². The second-order valence-corrected chi connectivity index (χ2v) is 5.30. The van der Waals surface area contributed by atoms with Crippen molar-refractivity contribution in [1.29, 1.82) is 0 Å². The Kier molecular flexibility index (Phi) is 5.32. The summed E-state index contributed by atoms with van der Waals surface area (Å²) in [6.45, 7) is 4.44. The Morgan fingerprint density at radius 2 is 1.94 bits per heavy atom. The number of benzene rings is 1. The van der Waals surface area contributed by atoms with Crippen molar-refractivity contribution in [3.63, 3.8) is 0 Å². The van der Waals surface area contributed by atoms with Crippen LogP contribution in [0, 0.1) is 16.0 Å². The largest absolute Gasteiger partial charge is 0.269 e. The molecule has 1 aromatic rings. The Labute approximate surface area is 100 Å². The van der Waals surface area contributed by atoms with Crippen LogP contribution in [0.5, 0.6) is 0 Å². The first-order valence-electron chi connectivity index (χ1n) is 5.47. The zero-order valence-electron chi connectivity index (χ0n) is 9.68. The Hall–Kier alpha value is -1.03. The maximum Gasteiger partial charge on any atom is 0.269 e. The predicted octanol–water partition coefficient (Wildman–Crippen LogP) is 4.12. The summed E-state index contributed by atoms with van der Waals surface area (Å²) in [4.78, 5) is 11.2. The number of rotatable bonds is 6. The van der Waals surface area contributed by atoms with Crippen LogP contribution in [0.15, 0.2) is 29.2 Å². The Balaban J connectivity index is 2.35. The van der Waals surface area contributed by atoms with Crippen LogP contribution in [-0.2, 0) is 0 Å². The number of thioether (sulfide) groups is 1. The highest BCUT2D eigenvalue weighted by atomic mass is 32.2. The number of non-ortho nitro benzene ring substituents is 1. The molecular formula is C12H17NO2S. The van der Waals surface area contributed by atoms with E-state index in [0.29, 0.717) is 0 Å². The minimum absolute atomic E-state index is 0.159. The van der Waals surface area contributed by atoms with Gasteiger partial charge in [0.1, 0.15) is 0 Å². The Morgan fingerprint density at radius 1 is 1.31 bits per heavy atom. The molecule has 0 saturated carbocycles. The first-order valence-corrected chi connectivity index (χ1v) is 6.45. The number of nitro benzene ring substituents is 1. The van der Waals surface area contributed by atoms with Gasteiger partial charge in [-0.05, 0) is 30.2 Å². The molecule has 0 atom stereocenters. The molecule has 0 aliphatic rings. The molecular weight excluding hydrogens is 222 g/mol. The van der Waals surface area contributed by atoms with Crippen molar-refractivity contribution in [1.82, 2.24) is 0 Å². The van der Waals surface area contributed by atoms with Gasteiger partial charge in [0.25, 0.3) is 5.69 Å². The molecule has 0 unspecified atom stereocenters.